The van der Waals surface area contributed by atoms with E-state index in [4.69, 9.17) is 10.5 Å². The van der Waals surface area contributed by atoms with Crippen LogP contribution >= 0.6 is 31.9 Å². The molecule has 2 N–H and O–H groups in total. The number of halogens is 2. The Morgan fingerprint density at radius 2 is 2.06 bits per heavy atom. The molecule has 1 unspecified atom stereocenters. The van der Waals surface area contributed by atoms with E-state index in [2.05, 4.69) is 55.0 Å². The average Bonchev–Trinajstić information content (AvgIpc) is 2.64. The van der Waals surface area contributed by atoms with Crippen molar-refractivity contribution in [2.24, 2.45) is 5.73 Å². The molecule has 5 heteroatoms. The van der Waals surface area contributed by atoms with Crippen LogP contribution in [0.25, 0.3) is 0 Å². The van der Waals surface area contributed by atoms with E-state index in [0.717, 1.165) is 41.7 Å². The highest BCUT2D eigenvalue weighted by Gasteiger charge is 2.20. The van der Waals surface area contributed by atoms with E-state index in [0.29, 0.717) is 6.54 Å². The zero-order chi connectivity index (χ0) is 13.0. The number of rotatable bonds is 3. The van der Waals surface area contributed by atoms with Gasteiger partial charge in [-0.3, -0.25) is 4.90 Å². The second-order valence-electron chi connectivity index (χ2n) is 4.43. The van der Waals surface area contributed by atoms with Gasteiger partial charge in [0, 0.05) is 41.2 Å². The van der Waals surface area contributed by atoms with Crippen molar-refractivity contribution in [2.45, 2.75) is 12.5 Å². The van der Waals surface area contributed by atoms with E-state index in [9.17, 15) is 0 Å². The van der Waals surface area contributed by atoms with Gasteiger partial charge in [-0.2, -0.15) is 0 Å². The average molecular weight is 378 g/mol. The Morgan fingerprint density at radius 1 is 1.22 bits per heavy atom. The molecule has 18 heavy (non-hydrogen) atoms. The molecule has 0 amide bonds. The zero-order valence-electron chi connectivity index (χ0n) is 10.2. The Hall–Kier alpha value is 0.0600. The molecule has 0 aliphatic carbocycles. The van der Waals surface area contributed by atoms with Gasteiger partial charge in [0.1, 0.15) is 0 Å². The summed E-state index contributed by atoms with van der Waals surface area (Å²) in [5, 5.41) is 0. The predicted octanol–water partition coefficient (Wildman–Crippen LogP) is 2.93. The van der Waals surface area contributed by atoms with Gasteiger partial charge in [0.15, 0.2) is 0 Å². The van der Waals surface area contributed by atoms with Crippen LogP contribution < -0.4 is 5.73 Å². The van der Waals surface area contributed by atoms with Crippen molar-refractivity contribution in [3.8, 4) is 0 Å². The molecule has 1 aliphatic heterocycles. The van der Waals surface area contributed by atoms with Crippen LogP contribution in [0.15, 0.2) is 27.1 Å². The maximum absolute atomic E-state index is 5.97. The first-order chi connectivity index (χ1) is 8.72. The minimum atomic E-state index is 0.274. The van der Waals surface area contributed by atoms with E-state index < -0.39 is 0 Å². The number of nitrogens with zero attached hydrogens (tertiary/aromatic N) is 1. The summed E-state index contributed by atoms with van der Waals surface area (Å²) in [6.45, 7) is 4.30. The number of hydrogen-bond donors (Lipinski definition) is 1. The third kappa shape index (κ3) is 3.54. The topological polar surface area (TPSA) is 38.5 Å². The summed E-state index contributed by atoms with van der Waals surface area (Å²) in [4.78, 5) is 2.42. The zero-order valence-corrected chi connectivity index (χ0v) is 13.4. The molecule has 1 heterocycles. The van der Waals surface area contributed by atoms with Crippen LogP contribution in [0.3, 0.4) is 0 Å². The van der Waals surface area contributed by atoms with Gasteiger partial charge in [-0.25, -0.2) is 0 Å². The first kappa shape index (κ1) is 14.5. The highest BCUT2D eigenvalue weighted by molar-refractivity contribution is 9.13. The first-order valence-corrected chi connectivity index (χ1v) is 7.78. The van der Waals surface area contributed by atoms with Crippen molar-refractivity contribution in [3.63, 3.8) is 0 Å². The van der Waals surface area contributed by atoms with E-state index in [-0.39, 0.29) is 6.04 Å². The largest absolute Gasteiger partial charge is 0.380 e. The number of ether oxygens (including phenoxy) is 1. The van der Waals surface area contributed by atoms with Crippen molar-refractivity contribution in [2.75, 3.05) is 32.8 Å². The van der Waals surface area contributed by atoms with Crippen LogP contribution in [0, 0.1) is 0 Å². The minimum Gasteiger partial charge on any atom is -0.380 e. The van der Waals surface area contributed by atoms with Crippen LogP contribution in [-0.2, 0) is 4.74 Å². The molecule has 1 aliphatic rings. The van der Waals surface area contributed by atoms with Gasteiger partial charge in [0.05, 0.1) is 6.61 Å². The Balaban J connectivity index is 2.17. The van der Waals surface area contributed by atoms with E-state index in [1.807, 2.05) is 0 Å². The number of benzene rings is 1. The molecule has 1 atom stereocenters. The Labute approximate surface area is 125 Å². The standard InChI is InChI=1S/C13H18Br2N2O/c14-11-3-2-10(8-12(11)15)13(9-16)17-4-1-6-18-7-5-17/h2-3,8,13H,1,4-7,9,16H2. The van der Waals surface area contributed by atoms with Crippen molar-refractivity contribution >= 4 is 31.9 Å². The van der Waals surface area contributed by atoms with Crippen molar-refractivity contribution < 1.29 is 4.74 Å². The highest BCUT2D eigenvalue weighted by atomic mass is 79.9. The molecule has 100 valence electrons. The molecule has 1 saturated heterocycles. The number of hydrogen-bond acceptors (Lipinski definition) is 3. The maximum Gasteiger partial charge on any atom is 0.0593 e. The van der Waals surface area contributed by atoms with Crippen LogP contribution in [0.1, 0.15) is 18.0 Å². The molecule has 3 nitrogen and oxygen atoms in total. The maximum atomic E-state index is 5.97. The molecular weight excluding hydrogens is 360 g/mol. The van der Waals surface area contributed by atoms with Crippen molar-refractivity contribution in [1.82, 2.24) is 4.90 Å². The fourth-order valence-electron chi connectivity index (χ4n) is 2.29. The summed E-state index contributed by atoms with van der Waals surface area (Å²) in [6.07, 6.45) is 1.08. The minimum absolute atomic E-state index is 0.274. The number of nitrogens with two attached hydrogens (primary N) is 1. The third-order valence-corrected chi connectivity index (χ3v) is 5.13. The lowest BCUT2D eigenvalue weighted by molar-refractivity contribution is 0.132. The lowest BCUT2D eigenvalue weighted by atomic mass is 10.1. The molecule has 1 aromatic carbocycles. The second-order valence-corrected chi connectivity index (χ2v) is 6.14. The fourth-order valence-corrected chi connectivity index (χ4v) is 2.94. The summed E-state index contributed by atoms with van der Waals surface area (Å²) in [5.74, 6) is 0. The van der Waals surface area contributed by atoms with Gasteiger partial charge in [0.2, 0.25) is 0 Å². The smallest absolute Gasteiger partial charge is 0.0593 e. The normalized spacial score (nSPS) is 19.5. The van der Waals surface area contributed by atoms with Gasteiger partial charge < -0.3 is 10.5 Å². The van der Waals surface area contributed by atoms with Gasteiger partial charge in [-0.15, -0.1) is 0 Å². The molecule has 2 rings (SSSR count). The summed E-state index contributed by atoms with van der Waals surface area (Å²) < 4.78 is 7.64. The molecule has 0 bridgehead atoms. The fraction of sp³-hybridized carbons (Fsp3) is 0.538. The van der Waals surface area contributed by atoms with Crippen LogP contribution in [-0.4, -0.2) is 37.7 Å². The van der Waals surface area contributed by atoms with Crippen LogP contribution in [0.2, 0.25) is 0 Å². The summed E-state index contributed by atoms with van der Waals surface area (Å²) in [7, 11) is 0. The Bertz CT molecular complexity index is 393. The molecule has 0 spiro atoms. The molecule has 0 saturated carbocycles. The van der Waals surface area contributed by atoms with Gasteiger partial charge >= 0.3 is 0 Å². The van der Waals surface area contributed by atoms with Gasteiger partial charge in [0.25, 0.3) is 0 Å². The van der Waals surface area contributed by atoms with Crippen molar-refractivity contribution in [3.05, 3.63) is 32.7 Å². The summed E-state index contributed by atoms with van der Waals surface area (Å²) >= 11 is 7.05. The molecule has 1 fully saturated rings. The SMILES string of the molecule is NCC(c1ccc(Br)c(Br)c1)N1CCCOCC1. The third-order valence-electron chi connectivity index (χ3n) is 3.25. The lowest BCUT2D eigenvalue weighted by Gasteiger charge is -2.29. The van der Waals surface area contributed by atoms with Crippen LogP contribution in [0.5, 0.6) is 0 Å². The predicted molar refractivity (Wildman–Crippen MR) is 80.6 cm³/mol. The summed E-state index contributed by atoms with van der Waals surface area (Å²) in [5.41, 5.74) is 7.22. The Kier molecular flexibility index (Phi) is 5.63. The molecule has 1 aromatic rings. The van der Waals surface area contributed by atoms with Crippen LogP contribution in [0.4, 0.5) is 0 Å². The van der Waals surface area contributed by atoms with Gasteiger partial charge in [-0.05, 0) is 56.0 Å². The molecule has 0 radical (unpaired) electrons. The van der Waals surface area contributed by atoms with E-state index in [1.165, 1.54) is 5.56 Å². The summed E-state index contributed by atoms with van der Waals surface area (Å²) in [6, 6.07) is 6.62. The highest BCUT2D eigenvalue weighted by Crippen LogP contribution is 2.29. The lowest BCUT2D eigenvalue weighted by Crippen LogP contribution is -2.35. The second kappa shape index (κ2) is 7.01. The van der Waals surface area contributed by atoms with Gasteiger partial charge in [-0.1, -0.05) is 6.07 Å². The molecular formula is C13H18Br2N2O. The monoisotopic (exact) mass is 376 g/mol. The quantitative estimate of drug-likeness (QED) is 0.879. The van der Waals surface area contributed by atoms with E-state index >= 15 is 0 Å². The first-order valence-electron chi connectivity index (χ1n) is 6.19. The van der Waals surface area contributed by atoms with Crippen molar-refractivity contribution in [1.29, 1.82) is 0 Å². The molecule has 0 aromatic heterocycles. The Morgan fingerprint density at radius 3 is 2.78 bits per heavy atom. The van der Waals surface area contributed by atoms with E-state index in [1.54, 1.807) is 0 Å².